The second-order valence-corrected chi connectivity index (χ2v) is 4.27. The highest BCUT2D eigenvalue weighted by Gasteiger charge is 2.17. The quantitative estimate of drug-likeness (QED) is 0.518. The summed E-state index contributed by atoms with van der Waals surface area (Å²) in [6.45, 7) is 3.74. The smallest absolute Gasteiger partial charge is 0.241 e. The van der Waals surface area contributed by atoms with E-state index < -0.39 is 0 Å². The third-order valence-electron chi connectivity index (χ3n) is 2.87. The molecule has 1 saturated heterocycles. The summed E-state index contributed by atoms with van der Waals surface area (Å²) in [7, 11) is 0. The number of amides is 1. The zero-order chi connectivity index (χ0) is 13.0. The van der Waals surface area contributed by atoms with Gasteiger partial charge in [0.15, 0.2) is 0 Å². The zero-order valence-corrected chi connectivity index (χ0v) is 10.4. The molecule has 1 amide bonds. The SMILES string of the molecule is Cc1nc(NN)cc(NCC(=O)N2CCCC2)n1. The van der Waals surface area contributed by atoms with Crippen molar-refractivity contribution < 1.29 is 4.79 Å². The van der Waals surface area contributed by atoms with Gasteiger partial charge in [0.1, 0.15) is 17.5 Å². The third kappa shape index (κ3) is 3.07. The minimum absolute atomic E-state index is 0.103. The van der Waals surface area contributed by atoms with Gasteiger partial charge in [0, 0.05) is 19.2 Å². The van der Waals surface area contributed by atoms with Crippen LogP contribution >= 0.6 is 0 Å². The van der Waals surface area contributed by atoms with Gasteiger partial charge in [-0.2, -0.15) is 0 Å². The van der Waals surface area contributed by atoms with E-state index in [4.69, 9.17) is 5.84 Å². The molecule has 0 atom stereocenters. The molecule has 0 unspecified atom stereocenters. The number of nitrogens with two attached hydrogens (primary N) is 1. The number of carbonyl (C=O) groups is 1. The van der Waals surface area contributed by atoms with E-state index in [1.54, 1.807) is 13.0 Å². The summed E-state index contributed by atoms with van der Waals surface area (Å²) in [6, 6.07) is 1.67. The maximum atomic E-state index is 11.8. The molecule has 1 aliphatic heterocycles. The first-order valence-electron chi connectivity index (χ1n) is 6.03. The number of carbonyl (C=O) groups excluding carboxylic acids is 1. The highest BCUT2D eigenvalue weighted by atomic mass is 16.2. The van der Waals surface area contributed by atoms with Crippen LogP contribution in [0.2, 0.25) is 0 Å². The van der Waals surface area contributed by atoms with Crippen LogP contribution in [0.15, 0.2) is 6.07 Å². The van der Waals surface area contributed by atoms with E-state index in [2.05, 4.69) is 20.7 Å². The van der Waals surface area contributed by atoms with Crippen LogP contribution < -0.4 is 16.6 Å². The average molecular weight is 250 g/mol. The van der Waals surface area contributed by atoms with Crippen LogP contribution in [0.3, 0.4) is 0 Å². The highest BCUT2D eigenvalue weighted by molar-refractivity contribution is 5.80. The monoisotopic (exact) mass is 250 g/mol. The molecule has 98 valence electrons. The van der Waals surface area contributed by atoms with Gasteiger partial charge >= 0.3 is 0 Å². The molecule has 1 aromatic rings. The fraction of sp³-hybridized carbons (Fsp3) is 0.545. The Morgan fingerprint density at radius 3 is 2.72 bits per heavy atom. The maximum absolute atomic E-state index is 11.8. The minimum atomic E-state index is 0.103. The Labute approximate surface area is 106 Å². The van der Waals surface area contributed by atoms with Gasteiger partial charge in [0.2, 0.25) is 5.91 Å². The van der Waals surface area contributed by atoms with Crippen molar-refractivity contribution in [3.8, 4) is 0 Å². The molecule has 0 saturated carbocycles. The lowest BCUT2D eigenvalue weighted by molar-refractivity contribution is -0.128. The van der Waals surface area contributed by atoms with Gasteiger partial charge in [-0.25, -0.2) is 15.8 Å². The molecule has 4 N–H and O–H groups in total. The normalized spacial score (nSPS) is 14.7. The Morgan fingerprint density at radius 1 is 1.39 bits per heavy atom. The van der Waals surface area contributed by atoms with Gasteiger partial charge in [-0.05, 0) is 19.8 Å². The number of hydrogen-bond donors (Lipinski definition) is 3. The molecule has 0 aliphatic carbocycles. The van der Waals surface area contributed by atoms with Gasteiger partial charge in [-0.1, -0.05) is 0 Å². The molecule has 1 aliphatic rings. The van der Waals surface area contributed by atoms with Gasteiger partial charge in [-0.15, -0.1) is 0 Å². The van der Waals surface area contributed by atoms with Crippen molar-refractivity contribution >= 4 is 17.5 Å². The summed E-state index contributed by atoms with van der Waals surface area (Å²) >= 11 is 0. The van der Waals surface area contributed by atoms with Crippen LogP contribution in [-0.2, 0) is 4.79 Å². The molecular weight excluding hydrogens is 232 g/mol. The van der Waals surface area contributed by atoms with Gasteiger partial charge < -0.3 is 15.6 Å². The molecule has 7 heteroatoms. The summed E-state index contributed by atoms with van der Waals surface area (Å²) in [6.07, 6.45) is 2.19. The average Bonchev–Trinajstić information content (AvgIpc) is 2.89. The third-order valence-corrected chi connectivity index (χ3v) is 2.87. The fourth-order valence-electron chi connectivity index (χ4n) is 1.98. The second kappa shape index (κ2) is 5.63. The number of nitrogens with zero attached hydrogens (tertiary/aromatic N) is 3. The predicted molar refractivity (Wildman–Crippen MR) is 68.9 cm³/mol. The molecule has 0 spiro atoms. The summed E-state index contributed by atoms with van der Waals surface area (Å²) < 4.78 is 0. The fourth-order valence-corrected chi connectivity index (χ4v) is 1.98. The lowest BCUT2D eigenvalue weighted by Gasteiger charge is -2.15. The molecule has 18 heavy (non-hydrogen) atoms. The number of nitrogen functional groups attached to an aromatic ring is 1. The van der Waals surface area contributed by atoms with E-state index in [0.29, 0.717) is 17.5 Å². The predicted octanol–water partition coefficient (Wildman–Crippen LogP) is 0.105. The lowest BCUT2D eigenvalue weighted by atomic mass is 10.4. The lowest BCUT2D eigenvalue weighted by Crippen LogP contribution is -2.33. The summed E-state index contributed by atoms with van der Waals surface area (Å²) in [5.41, 5.74) is 2.46. The van der Waals surface area contributed by atoms with Crippen LogP contribution in [0, 0.1) is 6.92 Å². The summed E-state index contributed by atoms with van der Waals surface area (Å²) in [5, 5.41) is 3.00. The van der Waals surface area contributed by atoms with Crippen LogP contribution in [0.25, 0.3) is 0 Å². The first kappa shape index (κ1) is 12.6. The Morgan fingerprint density at radius 2 is 2.06 bits per heavy atom. The van der Waals surface area contributed by atoms with E-state index >= 15 is 0 Å². The standard InChI is InChI=1S/C11H18N6O/c1-8-14-9(6-10(15-8)16-12)13-7-11(18)17-4-2-3-5-17/h6H,2-5,7,12H2,1H3,(H2,13,14,15,16). The number of anilines is 2. The molecule has 1 aromatic heterocycles. The Hall–Kier alpha value is -1.89. The number of hydrogen-bond acceptors (Lipinski definition) is 6. The van der Waals surface area contributed by atoms with Crippen LogP contribution in [0.1, 0.15) is 18.7 Å². The summed E-state index contributed by atoms with van der Waals surface area (Å²) in [5.74, 6) is 7.13. The Balaban J connectivity index is 1.92. The molecule has 7 nitrogen and oxygen atoms in total. The van der Waals surface area contributed by atoms with E-state index in [1.165, 1.54) is 0 Å². The zero-order valence-electron chi connectivity index (χ0n) is 10.4. The summed E-state index contributed by atoms with van der Waals surface area (Å²) in [4.78, 5) is 22.0. The van der Waals surface area contributed by atoms with Gasteiger partial charge in [-0.3, -0.25) is 4.79 Å². The Bertz CT molecular complexity index is 430. The molecule has 0 bridgehead atoms. The minimum Gasteiger partial charge on any atom is -0.361 e. The first-order chi connectivity index (χ1) is 8.69. The number of likely N-dealkylation sites (tertiary alicyclic amines) is 1. The van der Waals surface area contributed by atoms with Gasteiger partial charge in [0.25, 0.3) is 0 Å². The van der Waals surface area contributed by atoms with Crippen LogP contribution in [-0.4, -0.2) is 40.4 Å². The van der Waals surface area contributed by atoms with E-state index in [-0.39, 0.29) is 12.5 Å². The van der Waals surface area contributed by atoms with E-state index in [1.807, 2.05) is 4.90 Å². The van der Waals surface area contributed by atoms with E-state index in [9.17, 15) is 4.79 Å². The van der Waals surface area contributed by atoms with Crippen molar-refractivity contribution in [3.05, 3.63) is 11.9 Å². The van der Waals surface area contributed by atoms with Crippen molar-refractivity contribution in [2.24, 2.45) is 5.84 Å². The second-order valence-electron chi connectivity index (χ2n) is 4.27. The molecule has 2 rings (SSSR count). The maximum Gasteiger partial charge on any atom is 0.241 e. The van der Waals surface area contributed by atoms with Crippen molar-refractivity contribution in [1.82, 2.24) is 14.9 Å². The number of aryl methyl sites for hydroxylation is 1. The largest absolute Gasteiger partial charge is 0.361 e. The molecule has 2 heterocycles. The molecule has 1 fully saturated rings. The highest BCUT2D eigenvalue weighted by Crippen LogP contribution is 2.11. The van der Waals surface area contributed by atoms with E-state index in [0.717, 1.165) is 25.9 Å². The molecule has 0 radical (unpaired) electrons. The topological polar surface area (TPSA) is 96.2 Å². The number of aromatic nitrogens is 2. The van der Waals surface area contributed by atoms with Crippen molar-refractivity contribution in [3.63, 3.8) is 0 Å². The Kier molecular flexibility index (Phi) is 3.93. The van der Waals surface area contributed by atoms with Crippen molar-refractivity contribution in [2.75, 3.05) is 30.4 Å². The van der Waals surface area contributed by atoms with Crippen LogP contribution in [0.5, 0.6) is 0 Å². The molecular formula is C11H18N6O. The van der Waals surface area contributed by atoms with Crippen molar-refractivity contribution in [1.29, 1.82) is 0 Å². The van der Waals surface area contributed by atoms with Crippen LogP contribution in [0.4, 0.5) is 11.6 Å². The number of nitrogens with one attached hydrogen (secondary N) is 2. The molecule has 0 aromatic carbocycles. The first-order valence-corrected chi connectivity index (χ1v) is 6.03. The number of hydrazine groups is 1. The number of rotatable bonds is 4. The van der Waals surface area contributed by atoms with Crippen molar-refractivity contribution in [2.45, 2.75) is 19.8 Å². The van der Waals surface area contributed by atoms with Gasteiger partial charge in [0.05, 0.1) is 6.54 Å².